The van der Waals surface area contributed by atoms with E-state index in [0.29, 0.717) is 23.7 Å². The van der Waals surface area contributed by atoms with Crippen molar-refractivity contribution in [1.82, 2.24) is 15.1 Å². The molecular weight excluding hydrogens is 444 g/mol. The number of carbonyl (C=O) groups is 1. The Hall–Kier alpha value is -1.97. The summed E-state index contributed by atoms with van der Waals surface area (Å²) in [6.07, 6.45) is -3.16. The second-order valence-electron chi connectivity index (χ2n) is 7.37. The summed E-state index contributed by atoms with van der Waals surface area (Å²) in [6, 6.07) is 3.48. The highest BCUT2D eigenvalue weighted by molar-refractivity contribution is 6.42. The number of halogens is 5. The Labute approximate surface area is 180 Å². The van der Waals surface area contributed by atoms with Crippen molar-refractivity contribution in [3.63, 3.8) is 0 Å². The van der Waals surface area contributed by atoms with Gasteiger partial charge in [0, 0.05) is 25.6 Å². The molecule has 2 aliphatic rings. The second-order valence-corrected chi connectivity index (χ2v) is 8.18. The maximum atomic E-state index is 13.8. The van der Waals surface area contributed by atoms with E-state index in [1.54, 1.807) is 12.1 Å². The van der Waals surface area contributed by atoms with Crippen molar-refractivity contribution in [3.05, 3.63) is 45.6 Å². The zero-order valence-electron chi connectivity index (χ0n) is 15.7. The number of hydrogen-bond acceptors (Lipinski definition) is 4. The average molecular weight is 463 g/mol. The maximum Gasteiger partial charge on any atom is 0.410 e. The highest BCUT2D eigenvalue weighted by atomic mass is 35.5. The minimum Gasteiger partial charge on any atom is -0.376 e. The van der Waals surface area contributed by atoms with Crippen molar-refractivity contribution >= 4 is 34.9 Å². The molecule has 11 heteroatoms. The van der Waals surface area contributed by atoms with Gasteiger partial charge in [0.2, 0.25) is 0 Å². The third kappa shape index (κ3) is 4.38. The smallest absolute Gasteiger partial charge is 0.376 e. The summed E-state index contributed by atoms with van der Waals surface area (Å²) in [5.41, 5.74) is 0.481. The van der Waals surface area contributed by atoms with E-state index in [-0.39, 0.29) is 29.1 Å². The van der Waals surface area contributed by atoms with Crippen LogP contribution in [0, 0.1) is 0 Å². The van der Waals surface area contributed by atoms with Crippen LogP contribution in [0.4, 0.5) is 19.0 Å². The molecule has 1 saturated heterocycles. The number of aromatic nitrogens is 2. The molecule has 2 aliphatic heterocycles. The van der Waals surface area contributed by atoms with Gasteiger partial charge in [-0.3, -0.25) is 4.79 Å². The van der Waals surface area contributed by atoms with Gasteiger partial charge in [-0.1, -0.05) is 29.3 Å². The predicted octanol–water partition coefficient (Wildman–Crippen LogP) is 4.76. The largest absolute Gasteiger partial charge is 0.410 e. The quantitative estimate of drug-likeness (QED) is 0.687. The van der Waals surface area contributed by atoms with Crippen LogP contribution >= 0.6 is 23.2 Å². The SMILES string of the molecule is O=C(NCC1CCCO1)c1cc2n(n1)C(C(F)(F)F)CC(c1ccc(Cl)c(Cl)c1)N2. The Bertz CT molecular complexity index is 944. The number of nitrogens with one attached hydrogen (secondary N) is 2. The molecule has 0 spiro atoms. The number of nitrogens with zero attached hydrogens (tertiary/aromatic N) is 2. The summed E-state index contributed by atoms with van der Waals surface area (Å²) in [7, 11) is 0. The summed E-state index contributed by atoms with van der Waals surface area (Å²) < 4.78 is 47.6. The van der Waals surface area contributed by atoms with Gasteiger partial charge in [0.1, 0.15) is 5.82 Å². The van der Waals surface area contributed by atoms with Crippen LogP contribution in [0.15, 0.2) is 24.3 Å². The first kappa shape index (κ1) is 21.3. The van der Waals surface area contributed by atoms with Gasteiger partial charge in [0.25, 0.3) is 5.91 Å². The van der Waals surface area contributed by atoms with Crippen molar-refractivity contribution < 1.29 is 22.7 Å². The van der Waals surface area contributed by atoms with E-state index < -0.39 is 24.2 Å². The number of fused-ring (bicyclic) bond motifs is 1. The van der Waals surface area contributed by atoms with Crippen molar-refractivity contribution in [2.75, 3.05) is 18.5 Å². The second kappa shape index (κ2) is 8.28. The molecule has 2 aromatic rings. The fourth-order valence-electron chi connectivity index (χ4n) is 3.73. The van der Waals surface area contributed by atoms with E-state index in [9.17, 15) is 18.0 Å². The number of amides is 1. The molecular formula is C19H19Cl2F3N4O2. The number of benzene rings is 1. The molecule has 0 bridgehead atoms. The molecule has 0 radical (unpaired) electrons. The van der Waals surface area contributed by atoms with Gasteiger partial charge < -0.3 is 15.4 Å². The van der Waals surface area contributed by atoms with Crippen LogP contribution < -0.4 is 10.6 Å². The predicted molar refractivity (Wildman–Crippen MR) is 106 cm³/mol. The first-order valence-electron chi connectivity index (χ1n) is 9.50. The van der Waals surface area contributed by atoms with Crippen molar-refractivity contribution in [3.8, 4) is 0 Å². The molecule has 3 heterocycles. The van der Waals surface area contributed by atoms with Gasteiger partial charge in [-0.15, -0.1) is 0 Å². The molecule has 6 nitrogen and oxygen atoms in total. The average Bonchev–Trinajstić information content (AvgIpc) is 3.36. The number of alkyl halides is 3. The van der Waals surface area contributed by atoms with Crippen LogP contribution in [0.2, 0.25) is 10.0 Å². The van der Waals surface area contributed by atoms with Crippen LogP contribution in [-0.2, 0) is 4.74 Å². The number of anilines is 1. The molecule has 4 rings (SSSR count). The number of carbonyl (C=O) groups excluding carboxylic acids is 1. The molecule has 3 atom stereocenters. The van der Waals surface area contributed by atoms with Crippen molar-refractivity contribution in [2.24, 2.45) is 0 Å². The van der Waals surface area contributed by atoms with Crippen molar-refractivity contribution in [2.45, 2.75) is 43.6 Å². The molecule has 162 valence electrons. The molecule has 2 N–H and O–H groups in total. The summed E-state index contributed by atoms with van der Waals surface area (Å²) in [5.74, 6) is -0.428. The fourth-order valence-corrected chi connectivity index (χ4v) is 4.04. The van der Waals surface area contributed by atoms with Crippen LogP contribution in [0.1, 0.15) is 47.4 Å². The Balaban J connectivity index is 1.58. The van der Waals surface area contributed by atoms with Gasteiger partial charge >= 0.3 is 6.18 Å². The zero-order chi connectivity index (χ0) is 21.5. The minimum absolute atomic E-state index is 0.0775. The maximum absolute atomic E-state index is 13.8. The highest BCUT2D eigenvalue weighted by Crippen LogP contribution is 2.44. The molecule has 1 aromatic heterocycles. The van der Waals surface area contributed by atoms with Gasteiger partial charge in [0.15, 0.2) is 11.7 Å². The lowest BCUT2D eigenvalue weighted by atomic mass is 9.97. The number of hydrogen-bond donors (Lipinski definition) is 2. The van der Waals surface area contributed by atoms with E-state index in [2.05, 4.69) is 15.7 Å². The molecule has 1 aromatic carbocycles. The van der Waals surface area contributed by atoms with Crippen molar-refractivity contribution in [1.29, 1.82) is 0 Å². The molecule has 1 fully saturated rings. The molecule has 30 heavy (non-hydrogen) atoms. The molecule has 0 saturated carbocycles. The summed E-state index contributed by atoms with van der Waals surface area (Å²) >= 11 is 11.9. The molecule has 3 unspecified atom stereocenters. The number of ether oxygens (including phenoxy) is 1. The van der Waals surface area contributed by atoms with Crippen LogP contribution in [0.25, 0.3) is 0 Å². The van der Waals surface area contributed by atoms with E-state index in [4.69, 9.17) is 27.9 Å². The van der Waals surface area contributed by atoms with Crippen LogP contribution in [0.5, 0.6) is 0 Å². The standard InChI is InChI=1S/C19H19Cl2F3N4O2/c20-12-4-3-10(6-13(12)21)14-7-16(19(22,23)24)28-17(26-14)8-15(27-28)18(29)25-9-11-2-1-5-30-11/h3-4,6,8,11,14,16,26H,1-2,5,7,9H2,(H,25,29). The lowest BCUT2D eigenvalue weighted by Crippen LogP contribution is -2.36. The molecule has 0 aliphatic carbocycles. The van der Waals surface area contributed by atoms with E-state index >= 15 is 0 Å². The topological polar surface area (TPSA) is 68.2 Å². The van der Waals surface area contributed by atoms with Gasteiger partial charge in [0.05, 0.1) is 22.2 Å². The Kier molecular flexibility index (Phi) is 5.87. The fraction of sp³-hybridized carbons (Fsp3) is 0.474. The van der Waals surface area contributed by atoms with Gasteiger partial charge in [-0.25, -0.2) is 4.68 Å². The highest BCUT2D eigenvalue weighted by Gasteiger charge is 2.46. The summed E-state index contributed by atoms with van der Waals surface area (Å²) in [6.45, 7) is 0.940. The lowest BCUT2D eigenvalue weighted by molar-refractivity contribution is -0.173. The Morgan fingerprint density at radius 3 is 2.77 bits per heavy atom. The number of rotatable bonds is 4. The van der Waals surface area contributed by atoms with E-state index in [1.165, 1.54) is 12.1 Å². The van der Waals surface area contributed by atoms with Crippen LogP contribution in [0.3, 0.4) is 0 Å². The first-order chi connectivity index (χ1) is 14.2. The Morgan fingerprint density at radius 1 is 1.30 bits per heavy atom. The summed E-state index contributed by atoms with van der Waals surface area (Å²) in [5, 5.41) is 10.2. The zero-order valence-corrected chi connectivity index (χ0v) is 17.2. The third-order valence-corrected chi connectivity index (χ3v) is 6.02. The normalized spacial score (nSPS) is 23.7. The minimum atomic E-state index is -4.54. The van der Waals surface area contributed by atoms with Crippen LogP contribution in [-0.4, -0.2) is 41.1 Å². The summed E-state index contributed by atoms with van der Waals surface area (Å²) in [4.78, 5) is 12.4. The Morgan fingerprint density at radius 2 is 2.10 bits per heavy atom. The molecule has 1 amide bonds. The van der Waals surface area contributed by atoms with E-state index in [0.717, 1.165) is 17.5 Å². The monoisotopic (exact) mass is 462 g/mol. The van der Waals surface area contributed by atoms with Gasteiger partial charge in [-0.05, 0) is 30.5 Å². The third-order valence-electron chi connectivity index (χ3n) is 5.28. The lowest BCUT2D eigenvalue weighted by Gasteiger charge is -2.33. The first-order valence-corrected chi connectivity index (χ1v) is 10.3. The van der Waals surface area contributed by atoms with E-state index in [1.807, 2.05) is 0 Å². The van der Waals surface area contributed by atoms with Gasteiger partial charge in [-0.2, -0.15) is 18.3 Å².